The number of amides is 1. The van der Waals surface area contributed by atoms with Gasteiger partial charge in [0.1, 0.15) is 12.4 Å². The van der Waals surface area contributed by atoms with E-state index < -0.39 is 0 Å². The monoisotopic (exact) mass is 620 g/mol. The Bertz CT molecular complexity index is 1240. The zero-order chi connectivity index (χ0) is 26.6. The predicted molar refractivity (Wildman–Crippen MR) is 150 cm³/mol. The molecule has 3 rings (SSSR count). The smallest absolute Gasteiger partial charge is 0.271 e. The molecule has 0 atom stereocenters. The first kappa shape index (κ1) is 28.2. The number of nitrogens with zero attached hydrogens (tertiary/aromatic N) is 1. The maximum Gasteiger partial charge on any atom is 0.271 e. The number of hydrogen-bond donors (Lipinski definition) is 1. The van der Waals surface area contributed by atoms with Crippen LogP contribution in [0.15, 0.2) is 59.7 Å². The van der Waals surface area contributed by atoms with Crippen LogP contribution in [0.3, 0.4) is 0 Å². The lowest BCUT2D eigenvalue weighted by molar-refractivity contribution is 0.0954. The molecule has 9 heteroatoms. The van der Waals surface area contributed by atoms with E-state index in [1.165, 1.54) is 18.3 Å². The van der Waals surface area contributed by atoms with Crippen molar-refractivity contribution >= 4 is 34.7 Å². The second kappa shape index (κ2) is 14.4. The first-order chi connectivity index (χ1) is 17.9. The Morgan fingerprint density at radius 3 is 2.46 bits per heavy atom. The summed E-state index contributed by atoms with van der Waals surface area (Å²) in [7, 11) is 0. The third kappa shape index (κ3) is 8.34. The third-order valence-electron chi connectivity index (χ3n) is 4.95. The fourth-order valence-electron chi connectivity index (χ4n) is 3.33. The number of halogens is 2. The summed E-state index contributed by atoms with van der Waals surface area (Å²) in [6.07, 6.45) is 2.40. The summed E-state index contributed by atoms with van der Waals surface area (Å²) >= 11 is 2.15. The van der Waals surface area contributed by atoms with E-state index in [9.17, 15) is 9.18 Å². The molecule has 1 amide bonds. The van der Waals surface area contributed by atoms with Gasteiger partial charge in [-0.3, -0.25) is 4.79 Å². The van der Waals surface area contributed by atoms with Crippen LogP contribution in [-0.4, -0.2) is 31.9 Å². The van der Waals surface area contributed by atoms with Crippen LogP contribution < -0.4 is 24.4 Å². The van der Waals surface area contributed by atoms with Crippen molar-refractivity contribution in [3.8, 4) is 23.0 Å². The molecule has 0 aliphatic rings. The van der Waals surface area contributed by atoms with Gasteiger partial charge in [-0.2, -0.15) is 5.10 Å². The van der Waals surface area contributed by atoms with Crippen molar-refractivity contribution in [3.63, 3.8) is 0 Å². The quantitative estimate of drug-likeness (QED) is 0.137. The lowest BCUT2D eigenvalue weighted by Crippen LogP contribution is -2.18. The van der Waals surface area contributed by atoms with Gasteiger partial charge >= 0.3 is 0 Å². The minimum Gasteiger partial charge on any atom is -0.490 e. The Morgan fingerprint density at radius 2 is 1.73 bits per heavy atom. The molecule has 0 saturated heterocycles. The van der Waals surface area contributed by atoms with Gasteiger partial charge in [-0.1, -0.05) is 19.1 Å². The Morgan fingerprint density at radius 1 is 0.946 bits per heavy atom. The van der Waals surface area contributed by atoms with E-state index >= 15 is 0 Å². The fraction of sp³-hybridized carbons (Fsp3) is 0.286. The van der Waals surface area contributed by atoms with Crippen LogP contribution in [0.25, 0.3) is 0 Å². The number of hydrogen-bond acceptors (Lipinski definition) is 6. The summed E-state index contributed by atoms with van der Waals surface area (Å²) in [5.74, 6) is 1.50. The first-order valence-corrected chi connectivity index (χ1v) is 13.1. The number of rotatable bonds is 13. The van der Waals surface area contributed by atoms with E-state index in [2.05, 4.69) is 33.1 Å². The minimum atomic E-state index is -0.381. The van der Waals surface area contributed by atoms with Gasteiger partial charge in [-0.15, -0.1) is 0 Å². The number of carbonyl (C=O) groups is 1. The van der Waals surface area contributed by atoms with Crippen LogP contribution in [0.2, 0.25) is 0 Å². The molecule has 0 aliphatic carbocycles. The molecule has 0 aromatic heterocycles. The zero-order valence-corrected chi connectivity index (χ0v) is 23.2. The van der Waals surface area contributed by atoms with E-state index in [1.807, 2.05) is 26.8 Å². The van der Waals surface area contributed by atoms with Gasteiger partial charge in [0.2, 0.25) is 0 Å². The van der Waals surface area contributed by atoms with Crippen LogP contribution in [0.4, 0.5) is 4.39 Å². The number of ether oxygens (including phenoxy) is 4. The van der Waals surface area contributed by atoms with E-state index in [-0.39, 0.29) is 18.3 Å². The molecule has 196 valence electrons. The number of carbonyl (C=O) groups excluding carboxylic acids is 1. The molecule has 0 bridgehead atoms. The highest BCUT2D eigenvalue weighted by atomic mass is 127. The fourth-order valence-corrected chi connectivity index (χ4v) is 4.11. The molecule has 0 saturated carbocycles. The maximum absolute atomic E-state index is 13.5. The molecule has 0 heterocycles. The van der Waals surface area contributed by atoms with Crippen molar-refractivity contribution < 1.29 is 28.1 Å². The Hall–Kier alpha value is -3.34. The molecule has 0 fully saturated rings. The average molecular weight is 620 g/mol. The van der Waals surface area contributed by atoms with Gasteiger partial charge in [-0.05, 0) is 96.5 Å². The highest BCUT2D eigenvalue weighted by Gasteiger charge is 2.14. The van der Waals surface area contributed by atoms with Gasteiger partial charge in [0, 0.05) is 5.56 Å². The summed E-state index contributed by atoms with van der Waals surface area (Å²) in [5.41, 5.74) is 4.36. The van der Waals surface area contributed by atoms with Gasteiger partial charge in [-0.25, -0.2) is 9.82 Å². The molecule has 0 spiro atoms. The highest BCUT2D eigenvalue weighted by Crippen LogP contribution is 2.34. The molecule has 7 nitrogen and oxygen atoms in total. The number of benzene rings is 3. The average Bonchev–Trinajstić information content (AvgIpc) is 2.88. The Kier molecular flexibility index (Phi) is 11.0. The van der Waals surface area contributed by atoms with Crippen molar-refractivity contribution in [2.24, 2.45) is 5.10 Å². The van der Waals surface area contributed by atoms with Crippen molar-refractivity contribution in [2.45, 2.75) is 33.8 Å². The Labute approximate surface area is 230 Å². The molecule has 3 aromatic rings. The Balaban J connectivity index is 1.71. The van der Waals surface area contributed by atoms with Gasteiger partial charge in [0.05, 0.1) is 29.6 Å². The predicted octanol–water partition coefficient (Wildman–Crippen LogP) is 6.36. The summed E-state index contributed by atoms with van der Waals surface area (Å²) < 4.78 is 37.3. The van der Waals surface area contributed by atoms with Crippen LogP contribution in [0.5, 0.6) is 23.0 Å². The van der Waals surface area contributed by atoms with Crippen molar-refractivity contribution in [3.05, 3.63) is 80.7 Å². The van der Waals surface area contributed by atoms with Gasteiger partial charge in [0.15, 0.2) is 23.0 Å². The summed E-state index contributed by atoms with van der Waals surface area (Å²) in [5, 5.41) is 4.10. The standard InChI is InChI=1S/C28H30FIN2O5/c1-4-12-36-24-11-10-21(16-25(24)34-5-2)28(33)32-31-17-20-14-23(30)27(26(15-20)35-6-3)37-18-19-8-7-9-22(29)13-19/h7-11,13-17H,4-6,12,18H2,1-3H3,(H,32,33)/b31-17+. The second-order valence-electron chi connectivity index (χ2n) is 7.82. The lowest BCUT2D eigenvalue weighted by Gasteiger charge is -2.15. The summed E-state index contributed by atoms with van der Waals surface area (Å²) in [6.45, 7) is 7.41. The lowest BCUT2D eigenvalue weighted by atomic mass is 10.2. The number of nitrogens with one attached hydrogen (secondary N) is 1. The van der Waals surface area contributed by atoms with E-state index in [4.69, 9.17) is 18.9 Å². The second-order valence-corrected chi connectivity index (χ2v) is 8.99. The highest BCUT2D eigenvalue weighted by molar-refractivity contribution is 14.1. The molecular formula is C28H30FIN2O5. The van der Waals surface area contributed by atoms with Crippen LogP contribution in [-0.2, 0) is 6.61 Å². The van der Waals surface area contributed by atoms with E-state index in [0.717, 1.165) is 9.99 Å². The first-order valence-electron chi connectivity index (χ1n) is 12.0. The van der Waals surface area contributed by atoms with Crippen LogP contribution in [0, 0.1) is 9.39 Å². The van der Waals surface area contributed by atoms with Crippen LogP contribution in [0.1, 0.15) is 48.7 Å². The van der Waals surface area contributed by atoms with Crippen molar-refractivity contribution in [1.29, 1.82) is 0 Å². The third-order valence-corrected chi connectivity index (χ3v) is 5.75. The molecule has 0 unspecified atom stereocenters. The molecule has 0 radical (unpaired) electrons. The van der Waals surface area contributed by atoms with Gasteiger partial charge < -0.3 is 18.9 Å². The van der Waals surface area contributed by atoms with E-state index in [0.29, 0.717) is 59.5 Å². The zero-order valence-electron chi connectivity index (χ0n) is 21.1. The molecule has 37 heavy (non-hydrogen) atoms. The van der Waals surface area contributed by atoms with Crippen LogP contribution >= 0.6 is 22.6 Å². The molecule has 3 aromatic carbocycles. The maximum atomic E-state index is 13.5. The molecular weight excluding hydrogens is 590 g/mol. The minimum absolute atomic E-state index is 0.198. The SMILES string of the molecule is CCCOc1ccc(C(=O)N/N=C/c2cc(I)c(OCc3cccc(F)c3)c(OCC)c2)cc1OCC. The van der Waals surface area contributed by atoms with Crippen molar-refractivity contribution in [2.75, 3.05) is 19.8 Å². The molecule has 1 N–H and O–H groups in total. The van der Waals surface area contributed by atoms with Gasteiger partial charge in [0.25, 0.3) is 5.91 Å². The molecule has 0 aliphatic heterocycles. The van der Waals surface area contributed by atoms with E-state index in [1.54, 1.807) is 36.4 Å². The topological polar surface area (TPSA) is 78.4 Å². The summed E-state index contributed by atoms with van der Waals surface area (Å²) in [6, 6.07) is 14.9. The normalized spacial score (nSPS) is 10.8. The van der Waals surface area contributed by atoms with Crippen molar-refractivity contribution in [1.82, 2.24) is 5.43 Å². The summed E-state index contributed by atoms with van der Waals surface area (Å²) in [4.78, 5) is 12.7. The largest absolute Gasteiger partial charge is 0.490 e. The number of hydrazone groups is 1.